The van der Waals surface area contributed by atoms with Crippen LogP contribution in [-0.2, 0) is 6.54 Å². The molecule has 0 amide bonds. The first-order chi connectivity index (χ1) is 9.74. The summed E-state index contributed by atoms with van der Waals surface area (Å²) in [6.07, 6.45) is 1.21. The van der Waals surface area contributed by atoms with Gasteiger partial charge in [-0.05, 0) is 11.5 Å². The van der Waals surface area contributed by atoms with E-state index < -0.39 is 0 Å². The van der Waals surface area contributed by atoms with Gasteiger partial charge in [-0.1, -0.05) is 50.6 Å². The quantitative estimate of drug-likeness (QED) is 0.863. The Bertz CT molecular complexity index is 371. The molecule has 2 N–H and O–H groups in total. The molecular weight excluding hydrogens is 246 g/mol. The van der Waals surface area contributed by atoms with Gasteiger partial charge < -0.3 is 5.73 Å². The van der Waals surface area contributed by atoms with Gasteiger partial charge in [-0.2, -0.15) is 0 Å². The van der Waals surface area contributed by atoms with Crippen molar-refractivity contribution in [2.45, 2.75) is 32.9 Å². The Morgan fingerprint density at radius 2 is 1.75 bits per heavy atom. The predicted octanol–water partition coefficient (Wildman–Crippen LogP) is 2.18. The Morgan fingerprint density at radius 1 is 1.10 bits per heavy atom. The number of hydrogen-bond acceptors (Lipinski definition) is 3. The summed E-state index contributed by atoms with van der Waals surface area (Å²) in [6.45, 7) is 11.1. The molecule has 1 aliphatic heterocycles. The standard InChI is InChI=1S/C17H29N3/c1-3-15(2)17(13-18)20-11-9-19(10-12-20)14-16-7-5-4-6-8-16/h4-8,15,17H,3,9-14,18H2,1-2H3. The van der Waals surface area contributed by atoms with E-state index in [0.717, 1.165) is 39.3 Å². The van der Waals surface area contributed by atoms with Crippen molar-refractivity contribution in [1.82, 2.24) is 9.80 Å². The lowest BCUT2D eigenvalue weighted by atomic mass is 9.97. The highest BCUT2D eigenvalue weighted by molar-refractivity contribution is 5.14. The largest absolute Gasteiger partial charge is 0.329 e. The van der Waals surface area contributed by atoms with Crippen molar-refractivity contribution in [3.8, 4) is 0 Å². The van der Waals surface area contributed by atoms with Crippen LogP contribution in [0, 0.1) is 5.92 Å². The first-order valence-electron chi connectivity index (χ1n) is 7.95. The fourth-order valence-electron chi connectivity index (χ4n) is 3.11. The van der Waals surface area contributed by atoms with Crippen LogP contribution in [0.2, 0.25) is 0 Å². The summed E-state index contributed by atoms with van der Waals surface area (Å²) in [5, 5.41) is 0. The van der Waals surface area contributed by atoms with Crippen LogP contribution in [0.3, 0.4) is 0 Å². The van der Waals surface area contributed by atoms with Gasteiger partial charge >= 0.3 is 0 Å². The van der Waals surface area contributed by atoms with Crippen LogP contribution >= 0.6 is 0 Å². The highest BCUT2D eigenvalue weighted by Crippen LogP contribution is 2.17. The molecule has 1 saturated heterocycles. The summed E-state index contributed by atoms with van der Waals surface area (Å²) >= 11 is 0. The lowest BCUT2D eigenvalue weighted by molar-refractivity contribution is 0.0718. The number of benzene rings is 1. The molecule has 3 heteroatoms. The third-order valence-electron chi connectivity index (χ3n) is 4.67. The fourth-order valence-corrected chi connectivity index (χ4v) is 3.11. The van der Waals surface area contributed by atoms with Gasteiger partial charge in [-0.25, -0.2) is 0 Å². The molecule has 2 unspecified atom stereocenters. The highest BCUT2D eigenvalue weighted by Gasteiger charge is 2.25. The third-order valence-corrected chi connectivity index (χ3v) is 4.67. The average Bonchev–Trinajstić information content (AvgIpc) is 2.50. The maximum absolute atomic E-state index is 5.98. The second kappa shape index (κ2) is 7.77. The van der Waals surface area contributed by atoms with Gasteiger partial charge in [0, 0.05) is 45.3 Å². The van der Waals surface area contributed by atoms with Crippen LogP contribution in [0.4, 0.5) is 0 Å². The molecule has 1 fully saturated rings. The second-order valence-electron chi connectivity index (χ2n) is 5.99. The predicted molar refractivity (Wildman–Crippen MR) is 85.6 cm³/mol. The summed E-state index contributed by atoms with van der Waals surface area (Å²) < 4.78 is 0. The topological polar surface area (TPSA) is 32.5 Å². The molecule has 0 aliphatic carbocycles. The first kappa shape index (κ1) is 15.5. The minimum absolute atomic E-state index is 0.555. The summed E-state index contributed by atoms with van der Waals surface area (Å²) in [4.78, 5) is 5.14. The molecule has 20 heavy (non-hydrogen) atoms. The first-order valence-corrected chi connectivity index (χ1v) is 7.95. The Hall–Kier alpha value is -0.900. The van der Waals surface area contributed by atoms with E-state index in [2.05, 4.69) is 54.0 Å². The van der Waals surface area contributed by atoms with E-state index in [4.69, 9.17) is 5.73 Å². The zero-order valence-corrected chi connectivity index (χ0v) is 13.0. The SMILES string of the molecule is CCC(C)C(CN)N1CCN(Cc2ccccc2)CC1. The lowest BCUT2D eigenvalue weighted by Gasteiger charge is -2.41. The van der Waals surface area contributed by atoms with E-state index in [1.807, 2.05) is 0 Å². The molecule has 0 bridgehead atoms. The van der Waals surface area contributed by atoms with Crippen LogP contribution in [0.25, 0.3) is 0 Å². The Labute approximate surface area is 123 Å². The molecule has 0 aromatic heterocycles. The average molecular weight is 275 g/mol. The second-order valence-corrected chi connectivity index (χ2v) is 5.99. The number of piperazine rings is 1. The van der Waals surface area contributed by atoms with Gasteiger partial charge in [0.2, 0.25) is 0 Å². The highest BCUT2D eigenvalue weighted by atomic mass is 15.3. The molecule has 2 rings (SSSR count). The van der Waals surface area contributed by atoms with Crippen molar-refractivity contribution < 1.29 is 0 Å². The van der Waals surface area contributed by atoms with E-state index in [1.165, 1.54) is 12.0 Å². The molecular formula is C17H29N3. The molecule has 112 valence electrons. The van der Waals surface area contributed by atoms with Crippen LogP contribution < -0.4 is 5.73 Å². The van der Waals surface area contributed by atoms with Gasteiger partial charge in [0.05, 0.1) is 0 Å². The lowest BCUT2D eigenvalue weighted by Crippen LogP contribution is -2.54. The summed E-state index contributed by atoms with van der Waals surface area (Å²) in [6, 6.07) is 11.3. The molecule has 1 aliphatic rings. The van der Waals surface area contributed by atoms with E-state index in [9.17, 15) is 0 Å². The van der Waals surface area contributed by atoms with Crippen LogP contribution in [-0.4, -0.2) is 48.6 Å². The van der Waals surface area contributed by atoms with Gasteiger partial charge in [0.1, 0.15) is 0 Å². The van der Waals surface area contributed by atoms with E-state index >= 15 is 0 Å². The van der Waals surface area contributed by atoms with Crippen molar-refractivity contribution >= 4 is 0 Å². The van der Waals surface area contributed by atoms with Gasteiger partial charge in [0.25, 0.3) is 0 Å². The van der Waals surface area contributed by atoms with Crippen molar-refractivity contribution in [3.05, 3.63) is 35.9 Å². The van der Waals surface area contributed by atoms with Gasteiger partial charge in [0.15, 0.2) is 0 Å². The Kier molecular flexibility index (Phi) is 6.02. The maximum atomic E-state index is 5.98. The van der Waals surface area contributed by atoms with Gasteiger partial charge in [-0.3, -0.25) is 9.80 Å². The van der Waals surface area contributed by atoms with E-state index in [0.29, 0.717) is 12.0 Å². The minimum atomic E-state index is 0.555. The van der Waals surface area contributed by atoms with Gasteiger partial charge in [-0.15, -0.1) is 0 Å². The summed E-state index contributed by atoms with van der Waals surface area (Å²) in [7, 11) is 0. The number of nitrogens with zero attached hydrogens (tertiary/aromatic N) is 2. The Morgan fingerprint density at radius 3 is 2.30 bits per heavy atom. The molecule has 0 spiro atoms. The molecule has 3 nitrogen and oxygen atoms in total. The molecule has 1 aromatic rings. The van der Waals surface area contributed by atoms with Crippen LogP contribution in [0.15, 0.2) is 30.3 Å². The van der Waals surface area contributed by atoms with E-state index in [-0.39, 0.29) is 0 Å². The zero-order chi connectivity index (χ0) is 14.4. The molecule has 0 radical (unpaired) electrons. The molecule has 2 atom stereocenters. The third kappa shape index (κ3) is 4.05. The maximum Gasteiger partial charge on any atom is 0.0244 e. The van der Waals surface area contributed by atoms with E-state index in [1.54, 1.807) is 0 Å². The summed E-state index contributed by atoms with van der Waals surface area (Å²) in [5.74, 6) is 0.695. The van der Waals surface area contributed by atoms with Crippen LogP contribution in [0.5, 0.6) is 0 Å². The van der Waals surface area contributed by atoms with Crippen LogP contribution in [0.1, 0.15) is 25.8 Å². The number of nitrogens with two attached hydrogens (primary N) is 1. The summed E-state index contributed by atoms with van der Waals surface area (Å²) in [5.41, 5.74) is 7.40. The zero-order valence-electron chi connectivity index (χ0n) is 13.0. The molecule has 0 saturated carbocycles. The molecule has 1 aromatic carbocycles. The Balaban J connectivity index is 1.83. The monoisotopic (exact) mass is 275 g/mol. The number of hydrogen-bond donors (Lipinski definition) is 1. The van der Waals surface area contributed by atoms with Crippen molar-refractivity contribution in [2.75, 3.05) is 32.7 Å². The molecule has 1 heterocycles. The van der Waals surface area contributed by atoms with Crippen molar-refractivity contribution in [1.29, 1.82) is 0 Å². The minimum Gasteiger partial charge on any atom is -0.329 e. The number of rotatable bonds is 6. The van der Waals surface area contributed by atoms with Crippen molar-refractivity contribution in [2.24, 2.45) is 11.7 Å². The normalized spacial score (nSPS) is 20.8. The fraction of sp³-hybridized carbons (Fsp3) is 0.647. The van der Waals surface area contributed by atoms with Crippen molar-refractivity contribution in [3.63, 3.8) is 0 Å². The smallest absolute Gasteiger partial charge is 0.0244 e.